The Labute approximate surface area is 156 Å². The number of rotatable bonds is 6. The van der Waals surface area contributed by atoms with Gasteiger partial charge in [-0.05, 0) is 24.6 Å². The Hall–Kier alpha value is -1.84. The van der Waals surface area contributed by atoms with Crippen LogP contribution in [-0.4, -0.2) is 30.3 Å². The Bertz CT molecular complexity index is 699. The van der Waals surface area contributed by atoms with E-state index in [2.05, 4.69) is 31.2 Å². The van der Waals surface area contributed by atoms with Gasteiger partial charge < -0.3 is 14.7 Å². The molecular weight excluding hydrogens is 322 g/mol. The first-order valence-electron chi connectivity index (χ1n) is 9.97. The van der Waals surface area contributed by atoms with Gasteiger partial charge >= 0.3 is 0 Å². The molecule has 2 N–H and O–H groups in total. The molecule has 0 spiro atoms. The molecule has 3 heteroatoms. The first-order valence-corrected chi connectivity index (χ1v) is 9.97. The number of piperidine rings is 1. The average molecular weight is 352 g/mol. The number of aliphatic hydroxyl groups is 1. The minimum atomic E-state index is -0.635. The van der Waals surface area contributed by atoms with Crippen molar-refractivity contribution >= 4 is 0 Å². The summed E-state index contributed by atoms with van der Waals surface area (Å²) in [5.74, 6) is 0.956. The van der Waals surface area contributed by atoms with Gasteiger partial charge in [0.1, 0.15) is 11.4 Å². The maximum atomic E-state index is 11.3. The van der Waals surface area contributed by atoms with Crippen LogP contribution in [0.4, 0.5) is 0 Å². The molecule has 0 radical (unpaired) electrons. The van der Waals surface area contributed by atoms with E-state index in [0.29, 0.717) is 12.1 Å². The molecule has 2 bridgehead atoms. The van der Waals surface area contributed by atoms with E-state index in [4.69, 9.17) is 4.74 Å². The Morgan fingerprint density at radius 2 is 1.65 bits per heavy atom. The van der Waals surface area contributed by atoms with Crippen molar-refractivity contribution in [3.05, 3.63) is 65.7 Å². The lowest BCUT2D eigenvalue weighted by molar-refractivity contribution is -0.944. The Morgan fingerprint density at radius 1 is 1.00 bits per heavy atom. The number of hydrogen-bond donors (Lipinski definition) is 2. The molecule has 2 unspecified atom stereocenters. The second kappa shape index (κ2) is 7.42. The number of benzene rings is 2. The Balaban J connectivity index is 1.33. The molecule has 4 rings (SSSR count). The molecule has 138 valence electrons. The van der Waals surface area contributed by atoms with Gasteiger partial charge in [-0.3, -0.25) is 0 Å². The Kier molecular flexibility index (Phi) is 5.01. The Morgan fingerprint density at radius 3 is 2.31 bits per heavy atom. The maximum absolute atomic E-state index is 11.3. The van der Waals surface area contributed by atoms with Crippen LogP contribution in [0.2, 0.25) is 0 Å². The summed E-state index contributed by atoms with van der Waals surface area (Å²) in [5.41, 5.74) is 1.72. The van der Waals surface area contributed by atoms with Gasteiger partial charge in [-0.15, -0.1) is 0 Å². The fourth-order valence-corrected chi connectivity index (χ4v) is 4.96. The van der Waals surface area contributed by atoms with Crippen LogP contribution in [0, 0.1) is 6.92 Å². The average Bonchev–Trinajstić information content (AvgIpc) is 2.90. The van der Waals surface area contributed by atoms with E-state index in [1.54, 1.807) is 4.90 Å². The van der Waals surface area contributed by atoms with Crippen LogP contribution >= 0.6 is 0 Å². The zero-order valence-electron chi connectivity index (χ0n) is 15.7. The third-order valence-electron chi connectivity index (χ3n) is 6.29. The SMILES string of the molecule is Cc1ccc(C2(O)C[C@H]3CC[C@@H](C2)[NH+]3CCCOc2ccccc2)cc1. The largest absolute Gasteiger partial charge is 0.493 e. The molecule has 0 aromatic heterocycles. The summed E-state index contributed by atoms with van der Waals surface area (Å²) < 4.78 is 5.85. The molecule has 2 saturated heterocycles. The lowest BCUT2D eigenvalue weighted by Gasteiger charge is -2.41. The summed E-state index contributed by atoms with van der Waals surface area (Å²) in [5, 5.41) is 11.3. The van der Waals surface area contributed by atoms with Crippen molar-refractivity contribution in [2.75, 3.05) is 13.2 Å². The molecule has 2 aliphatic heterocycles. The van der Waals surface area contributed by atoms with E-state index in [0.717, 1.165) is 43.7 Å². The van der Waals surface area contributed by atoms with E-state index in [9.17, 15) is 5.11 Å². The van der Waals surface area contributed by atoms with E-state index < -0.39 is 5.60 Å². The number of hydrogen-bond acceptors (Lipinski definition) is 2. The van der Waals surface area contributed by atoms with Crippen LogP contribution in [0.25, 0.3) is 0 Å². The summed E-state index contributed by atoms with van der Waals surface area (Å²) in [7, 11) is 0. The fraction of sp³-hybridized carbons (Fsp3) is 0.478. The summed E-state index contributed by atoms with van der Waals surface area (Å²) in [6, 6.07) is 19.7. The monoisotopic (exact) mass is 352 g/mol. The highest BCUT2D eigenvalue weighted by atomic mass is 16.5. The van der Waals surface area contributed by atoms with E-state index in [-0.39, 0.29) is 0 Å². The summed E-state index contributed by atoms with van der Waals surface area (Å²) in [4.78, 5) is 1.69. The third kappa shape index (κ3) is 3.65. The summed E-state index contributed by atoms with van der Waals surface area (Å²) in [6.07, 6.45) is 5.34. The normalized spacial score (nSPS) is 30.3. The van der Waals surface area contributed by atoms with Crippen LogP contribution in [0.1, 0.15) is 43.2 Å². The van der Waals surface area contributed by atoms with Crippen molar-refractivity contribution < 1.29 is 14.7 Å². The van der Waals surface area contributed by atoms with Gasteiger partial charge in [-0.1, -0.05) is 48.0 Å². The van der Waals surface area contributed by atoms with Crippen molar-refractivity contribution in [2.24, 2.45) is 0 Å². The van der Waals surface area contributed by atoms with E-state index in [1.165, 1.54) is 18.4 Å². The highest BCUT2D eigenvalue weighted by molar-refractivity contribution is 5.27. The van der Waals surface area contributed by atoms with Crippen molar-refractivity contribution in [1.29, 1.82) is 0 Å². The second-order valence-corrected chi connectivity index (χ2v) is 8.12. The minimum Gasteiger partial charge on any atom is -0.493 e. The van der Waals surface area contributed by atoms with Crippen molar-refractivity contribution in [1.82, 2.24) is 0 Å². The molecule has 0 saturated carbocycles. The summed E-state index contributed by atoms with van der Waals surface area (Å²) >= 11 is 0. The molecular formula is C23H30NO2+. The van der Waals surface area contributed by atoms with E-state index >= 15 is 0 Å². The van der Waals surface area contributed by atoms with Crippen LogP contribution < -0.4 is 9.64 Å². The molecule has 3 nitrogen and oxygen atoms in total. The molecule has 26 heavy (non-hydrogen) atoms. The molecule has 0 aliphatic carbocycles. The number of quaternary nitrogens is 1. The predicted molar refractivity (Wildman–Crippen MR) is 104 cm³/mol. The molecule has 0 amide bonds. The van der Waals surface area contributed by atoms with Gasteiger partial charge in [0.15, 0.2) is 0 Å². The highest BCUT2D eigenvalue weighted by Gasteiger charge is 2.51. The number of fused-ring (bicyclic) bond motifs is 2. The van der Waals surface area contributed by atoms with E-state index in [1.807, 2.05) is 30.3 Å². The standard InChI is InChI=1S/C23H29NO2/c1-18-8-10-19(11-9-18)23(25)16-20-12-13-21(17-23)24(20)14-5-15-26-22-6-3-2-4-7-22/h2-4,6-11,20-21,25H,5,12-17H2,1H3/p+1/t20-,21+,23?. The topological polar surface area (TPSA) is 33.9 Å². The second-order valence-electron chi connectivity index (χ2n) is 8.12. The van der Waals surface area contributed by atoms with Gasteiger partial charge in [0, 0.05) is 32.1 Å². The number of aryl methyl sites for hydroxylation is 1. The lowest BCUT2D eigenvalue weighted by atomic mass is 9.80. The zero-order chi connectivity index (χ0) is 18.0. The van der Waals surface area contributed by atoms with Crippen LogP contribution in [-0.2, 0) is 5.60 Å². The third-order valence-corrected chi connectivity index (χ3v) is 6.29. The van der Waals surface area contributed by atoms with Crippen molar-refractivity contribution in [2.45, 2.75) is 56.7 Å². The van der Waals surface area contributed by atoms with Crippen LogP contribution in [0.15, 0.2) is 54.6 Å². The molecule has 2 heterocycles. The van der Waals surface area contributed by atoms with Gasteiger partial charge in [-0.2, -0.15) is 0 Å². The molecule has 2 fully saturated rings. The first kappa shape index (κ1) is 17.6. The predicted octanol–water partition coefficient (Wildman–Crippen LogP) is 2.86. The van der Waals surface area contributed by atoms with Crippen LogP contribution in [0.3, 0.4) is 0 Å². The lowest BCUT2D eigenvalue weighted by Crippen LogP contribution is -3.18. The molecule has 2 aromatic rings. The first-order chi connectivity index (χ1) is 12.6. The fourth-order valence-electron chi connectivity index (χ4n) is 4.96. The number of ether oxygens (including phenoxy) is 1. The van der Waals surface area contributed by atoms with Gasteiger partial charge in [0.25, 0.3) is 0 Å². The van der Waals surface area contributed by atoms with Gasteiger partial charge in [0.05, 0.1) is 25.2 Å². The van der Waals surface area contributed by atoms with Crippen LogP contribution in [0.5, 0.6) is 5.75 Å². The highest BCUT2D eigenvalue weighted by Crippen LogP contribution is 2.38. The smallest absolute Gasteiger partial charge is 0.119 e. The molecule has 2 aromatic carbocycles. The minimum absolute atomic E-state index is 0.580. The maximum Gasteiger partial charge on any atom is 0.119 e. The van der Waals surface area contributed by atoms with Crippen molar-refractivity contribution in [3.8, 4) is 5.75 Å². The number of para-hydroxylation sites is 1. The number of nitrogens with one attached hydrogen (secondary N) is 1. The van der Waals surface area contributed by atoms with Gasteiger partial charge in [0.2, 0.25) is 0 Å². The van der Waals surface area contributed by atoms with Crippen molar-refractivity contribution in [3.63, 3.8) is 0 Å². The summed E-state index contributed by atoms with van der Waals surface area (Å²) in [6.45, 7) is 4.02. The molecule has 4 atom stereocenters. The zero-order valence-corrected chi connectivity index (χ0v) is 15.7. The van der Waals surface area contributed by atoms with Gasteiger partial charge in [-0.25, -0.2) is 0 Å². The quantitative estimate of drug-likeness (QED) is 0.784. The molecule has 2 aliphatic rings.